The molecule has 1 amide bonds. The van der Waals surface area contributed by atoms with Gasteiger partial charge in [0.25, 0.3) is 5.91 Å². The van der Waals surface area contributed by atoms with Crippen LogP contribution in [0.5, 0.6) is 0 Å². The molecule has 0 unspecified atom stereocenters. The maximum atomic E-state index is 11.7. The van der Waals surface area contributed by atoms with Gasteiger partial charge in [-0.15, -0.1) is 0 Å². The lowest BCUT2D eigenvalue weighted by molar-refractivity contribution is 0.0950. The molecule has 1 fully saturated rings. The molecule has 1 aromatic carbocycles. The van der Waals surface area contributed by atoms with Crippen LogP contribution < -0.4 is 10.6 Å². The maximum Gasteiger partial charge on any atom is 0.251 e. The molecule has 1 aliphatic rings. The summed E-state index contributed by atoms with van der Waals surface area (Å²) in [6.45, 7) is 2.89. The van der Waals surface area contributed by atoms with E-state index in [2.05, 4.69) is 10.6 Å². The Morgan fingerprint density at radius 1 is 1.50 bits per heavy atom. The Kier molecular flexibility index (Phi) is 3.80. The van der Waals surface area contributed by atoms with Gasteiger partial charge in [0, 0.05) is 17.1 Å². The number of nitrogens with one attached hydrogen (secondary N) is 2. The highest BCUT2D eigenvalue weighted by molar-refractivity contribution is 6.30. The molecule has 0 atom stereocenters. The summed E-state index contributed by atoms with van der Waals surface area (Å²) in [5, 5.41) is 6.70. The largest absolute Gasteiger partial charge is 0.352 e. The predicted molar refractivity (Wildman–Crippen MR) is 64.8 cm³/mol. The van der Waals surface area contributed by atoms with Crippen LogP contribution in [0, 0.1) is 5.92 Å². The van der Waals surface area contributed by atoms with Crippen molar-refractivity contribution in [1.29, 1.82) is 0 Å². The van der Waals surface area contributed by atoms with Crippen LogP contribution in [-0.4, -0.2) is 25.5 Å². The molecule has 16 heavy (non-hydrogen) atoms. The van der Waals surface area contributed by atoms with E-state index in [9.17, 15) is 4.79 Å². The van der Waals surface area contributed by atoms with Crippen molar-refractivity contribution >= 4 is 17.5 Å². The number of carbonyl (C=O) groups is 1. The fourth-order valence-corrected chi connectivity index (χ4v) is 1.86. The first-order valence-corrected chi connectivity index (χ1v) is 5.88. The zero-order valence-electron chi connectivity index (χ0n) is 9.00. The third kappa shape index (κ3) is 2.97. The van der Waals surface area contributed by atoms with Gasteiger partial charge >= 0.3 is 0 Å². The Bertz CT molecular complexity index is 377. The monoisotopic (exact) mass is 238 g/mol. The van der Waals surface area contributed by atoms with Gasteiger partial charge in [0.2, 0.25) is 0 Å². The maximum absolute atomic E-state index is 11.7. The highest BCUT2D eigenvalue weighted by atomic mass is 35.5. The van der Waals surface area contributed by atoms with Crippen LogP contribution >= 0.6 is 11.6 Å². The minimum absolute atomic E-state index is 0.0465. The first kappa shape index (κ1) is 11.4. The molecule has 0 aromatic heterocycles. The molecule has 1 heterocycles. The van der Waals surface area contributed by atoms with Crippen molar-refractivity contribution < 1.29 is 4.79 Å². The molecule has 0 spiro atoms. The van der Waals surface area contributed by atoms with Crippen molar-refractivity contribution in [3.05, 3.63) is 34.9 Å². The standard InChI is InChI=1S/C12H15ClN2O/c13-11-3-1-2-10(6-11)12(16)15-5-4-9-7-14-8-9/h1-3,6,9,14H,4-5,7-8H2,(H,15,16). The summed E-state index contributed by atoms with van der Waals surface area (Å²) in [7, 11) is 0. The second-order valence-electron chi connectivity index (χ2n) is 4.08. The quantitative estimate of drug-likeness (QED) is 0.838. The summed E-state index contributed by atoms with van der Waals surface area (Å²) in [6.07, 6.45) is 1.04. The molecule has 0 radical (unpaired) electrons. The number of benzene rings is 1. The normalized spacial score (nSPS) is 15.6. The Labute approximate surface area is 100 Å². The highest BCUT2D eigenvalue weighted by Crippen LogP contribution is 2.11. The molecule has 1 saturated heterocycles. The average molecular weight is 239 g/mol. The summed E-state index contributed by atoms with van der Waals surface area (Å²) >= 11 is 5.82. The SMILES string of the molecule is O=C(NCCC1CNC1)c1cccc(Cl)c1. The summed E-state index contributed by atoms with van der Waals surface area (Å²) < 4.78 is 0. The first-order valence-electron chi connectivity index (χ1n) is 5.50. The molecule has 86 valence electrons. The van der Waals surface area contributed by atoms with E-state index in [4.69, 9.17) is 11.6 Å². The van der Waals surface area contributed by atoms with Crippen LogP contribution in [0.3, 0.4) is 0 Å². The minimum atomic E-state index is -0.0465. The molecule has 4 heteroatoms. The number of rotatable bonds is 4. The van der Waals surface area contributed by atoms with E-state index >= 15 is 0 Å². The molecule has 1 aromatic rings. The van der Waals surface area contributed by atoms with E-state index in [0.29, 0.717) is 10.6 Å². The van der Waals surface area contributed by atoms with Crippen LogP contribution in [0.4, 0.5) is 0 Å². The fourth-order valence-electron chi connectivity index (χ4n) is 1.67. The zero-order chi connectivity index (χ0) is 11.4. The lowest BCUT2D eigenvalue weighted by Gasteiger charge is -2.26. The van der Waals surface area contributed by atoms with Crippen LogP contribution in [0.2, 0.25) is 5.02 Å². The second kappa shape index (κ2) is 5.32. The molecule has 0 aliphatic carbocycles. The zero-order valence-corrected chi connectivity index (χ0v) is 9.76. The van der Waals surface area contributed by atoms with Crippen LogP contribution in [0.15, 0.2) is 24.3 Å². The van der Waals surface area contributed by atoms with Crippen molar-refractivity contribution in [3.8, 4) is 0 Å². The Morgan fingerprint density at radius 3 is 2.94 bits per heavy atom. The predicted octanol–water partition coefficient (Wildman–Crippen LogP) is 1.68. The molecule has 3 nitrogen and oxygen atoms in total. The van der Waals surface area contributed by atoms with Gasteiger partial charge in [0.1, 0.15) is 0 Å². The molecular formula is C12H15ClN2O. The number of hydrogen-bond donors (Lipinski definition) is 2. The van der Waals surface area contributed by atoms with Crippen LogP contribution in [-0.2, 0) is 0 Å². The van der Waals surface area contributed by atoms with Gasteiger partial charge in [-0.1, -0.05) is 17.7 Å². The summed E-state index contributed by atoms with van der Waals surface area (Å²) in [5.74, 6) is 0.675. The number of hydrogen-bond acceptors (Lipinski definition) is 2. The summed E-state index contributed by atoms with van der Waals surface area (Å²) in [4.78, 5) is 11.7. The molecule has 0 saturated carbocycles. The number of carbonyl (C=O) groups excluding carboxylic acids is 1. The molecule has 2 N–H and O–H groups in total. The summed E-state index contributed by atoms with van der Waals surface area (Å²) in [5.41, 5.74) is 0.624. The van der Waals surface area contributed by atoms with Crippen molar-refractivity contribution in [2.75, 3.05) is 19.6 Å². The number of amides is 1. The van der Waals surface area contributed by atoms with Gasteiger partial charge < -0.3 is 10.6 Å². The smallest absolute Gasteiger partial charge is 0.251 e. The number of halogens is 1. The van der Waals surface area contributed by atoms with Crippen LogP contribution in [0.25, 0.3) is 0 Å². The van der Waals surface area contributed by atoms with E-state index in [1.807, 2.05) is 0 Å². The lowest BCUT2D eigenvalue weighted by atomic mass is 9.99. The minimum Gasteiger partial charge on any atom is -0.352 e. The van der Waals surface area contributed by atoms with Crippen molar-refractivity contribution in [2.24, 2.45) is 5.92 Å². The molecule has 1 aliphatic heterocycles. The van der Waals surface area contributed by atoms with E-state index < -0.39 is 0 Å². The van der Waals surface area contributed by atoms with E-state index in [1.54, 1.807) is 24.3 Å². The van der Waals surface area contributed by atoms with Gasteiger partial charge in [-0.25, -0.2) is 0 Å². The average Bonchev–Trinajstić information content (AvgIpc) is 2.21. The van der Waals surface area contributed by atoms with Gasteiger partial charge in [0.15, 0.2) is 0 Å². The third-order valence-electron chi connectivity index (χ3n) is 2.79. The van der Waals surface area contributed by atoms with Gasteiger partial charge in [-0.05, 0) is 43.6 Å². The topological polar surface area (TPSA) is 41.1 Å². The second-order valence-corrected chi connectivity index (χ2v) is 4.52. The summed E-state index contributed by atoms with van der Waals surface area (Å²) in [6, 6.07) is 7.00. The van der Waals surface area contributed by atoms with Gasteiger partial charge in [0.05, 0.1) is 0 Å². The fraction of sp³-hybridized carbons (Fsp3) is 0.417. The van der Waals surface area contributed by atoms with Crippen LogP contribution in [0.1, 0.15) is 16.8 Å². The van der Waals surface area contributed by atoms with Crippen molar-refractivity contribution in [3.63, 3.8) is 0 Å². The van der Waals surface area contributed by atoms with E-state index in [-0.39, 0.29) is 5.91 Å². The van der Waals surface area contributed by atoms with E-state index in [0.717, 1.165) is 32.0 Å². The lowest BCUT2D eigenvalue weighted by Crippen LogP contribution is -2.43. The molecule has 2 rings (SSSR count). The van der Waals surface area contributed by atoms with E-state index in [1.165, 1.54) is 0 Å². The van der Waals surface area contributed by atoms with Gasteiger partial charge in [-0.2, -0.15) is 0 Å². The Morgan fingerprint density at radius 2 is 2.31 bits per heavy atom. The van der Waals surface area contributed by atoms with Crippen molar-refractivity contribution in [1.82, 2.24) is 10.6 Å². The van der Waals surface area contributed by atoms with Gasteiger partial charge in [-0.3, -0.25) is 4.79 Å². The highest BCUT2D eigenvalue weighted by Gasteiger charge is 2.16. The van der Waals surface area contributed by atoms with Crippen molar-refractivity contribution in [2.45, 2.75) is 6.42 Å². The first-order chi connectivity index (χ1) is 7.75. The third-order valence-corrected chi connectivity index (χ3v) is 3.03. The molecule has 0 bridgehead atoms. The molecular weight excluding hydrogens is 224 g/mol. The Balaban J connectivity index is 1.78. The Hall–Kier alpha value is -1.06.